The van der Waals surface area contributed by atoms with E-state index in [1.54, 1.807) is 12.1 Å². The van der Waals surface area contributed by atoms with E-state index in [4.69, 9.17) is 15.9 Å². The molecule has 1 amide bonds. The number of primary amides is 1. The third-order valence-corrected chi connectivity index (χ3v) is 1.92. The molecule has 1 atom stereocenters. The van der Waals surface area contributed by atoms with Gasteiger partial charge < -0.3 is 15.9 Å². The Balaban J connectivity index is 2.11. The molecule has 2 rings (SSSR count). The number of nitrogens with two attached hydrogens (primary N) is 2. The number of rotatable bonds is 4. The van der Waals surface area contributed by atoms with Crippen LogP contribution in [-0.4, -0.2) is 32.2 Å². The molecule has 0 aliphatic carbocycles. The first-order chi connectivity index (χ1) is 7.66. The fraction of sp³-hybridized carbons (Fsp3) is 0.250. The fourth-order valence-corrected chi connectivity index (χ4v) is 1.09. The molecule has 0 aromatic carbocycles. The summed E-state index contributed by atoms with van der Waals surface area (Å²) in [6.07, 6.45) is 1.51. The van der Waals surface area contributed by atoms with Gasteiger partial charge in [0.15, 0.2) is 5.76 Å². The zero-order valence-corrected chi connectivity index (χ0v) is 8.28. The summed E-state index contributed by atoms with van der Waals surface area (Å²) in [5.41, 5.74) is 10.5. The van der Waals surface area contributed by atoms with Crippen LogP contribution in [-0.2, 0) is 11.3 Å². The molecule has 0 spiro atoms. The van der Waals surface area contributed by atoms with Crippen LogP contribution in [0.15, 0.2) is 22.8 Å². The van der Waals surface area contributed by atoms with Crippen molar-refractivity contribution in [1.82, 2.24) is 20.2 Å². The molecule has 0 saturated heterocycles. The number of furan rings is 1. The Bertz CT molecular complexity index is 476. The SMILES string of the molecule is NC(=O)C(N)Cn1nnc(-c2ccco2)n1. The van der Waals surface area contributed by atoms with Gasteiger partial charge >= 0.3 is 0 Å². The lowest BCUT2D eigenvalue weighted by Gasteiger charge is -2.03. The lowest BCUT2D eigenvalue weighted by Crippen LogP contribution is -2.40. The van der Waals surface area contributed by atoms with Crippen LogP contribution in [0.5, 0.6) is 0 Å². The standard InChI is InChI=1S/C8H10N6O2/c9-5(7(10)15)4-14-12-8(11-13-14)6-2-1-3-16-6/h1-3,5H,4,9H2,(H2,10,15). The van der Waals surface area contributed by atoms with Crippen LogP contribution in [0, 0.1) is 0 Å². The molecule has 2 heterocycles. The Morgan fingerprint density at radius 2 is 2.44 bits per heavy atom. The smallest absolute Gasteiger partial charge is 0.240 e. The van der Waals surface area contributed by atoms with Crippen molar-refractivity contribution in [3.05, 3.63) is 18.4 Å². The molecule has 8 nitrogen and oxygen atoms in total. The summed E-state index contributed by atoms with van der Waals surface area (Å²) < 4.78 is 5.08. The van der Waals surface area contributed by atoms with Gasteiger partial charge in [0.05, 0.1) is 12.8 Å². The molecule has 2 aromatic rings. The number of hydrogen-bond acceptors (Lipinski definition) is 6. The van der Waals surface area contributed by atoms with Crippen LogP contribution in [0.4, 0.5) is 0 Å². The molecule has 0 bridgehead atoms. The number of nitrogens with zero attached hydrogens (tertiary/aromatic N) is 4. The van der Waals surface area contributed by atoms with Crippen molar-refractivity contribution in [3.8, 4) is 11.6 Å². The average molecular weight is 222 g/mol. The Labute approximate surface area is 90.2 Å². The summed E-state index contributed by atoms with van der Waals surface area (Å²) >= 11 is 0. The molecule has 0 fully saturated rings. The largest absolute Gasteiger partial charge is 0.461 e. The number of hydrogen-bond donors (Lipinski definition) is 2. The predicted molar refractivity (Wildman–Crippen MR) is 52.7 cm³/mol. The van der Waals surface area contributed by atoms with Crippen molar-refractivity contribution in [2.75, 3.05) is 0 Å². The van der Waals surface area contributed by atoms with Crippen LogP contribution < -0.4 is 11.5 Å². The van der Waals surface area contributed by atoms with E-state index in [9.17, 15) is 4.79 Å². The first-order valence-corrected chi connectivity index (χ1v) is 4.53. The first-order valence-electron chi connectivity index (χ1n) is 4.53. The first kappa shape index (κ1) is 10.3. The van der Waals surface area contributed by atoms with E-state index < -0.39 is 11.9 Å². The van der Waals surface area contributed by atoms with Gasteiger partial charge in [0.1, 0.15) is 6.04 Å². The second-order valence-corrected chi connectivity index (χ2v) is 3.15. The zero-order valence-electron chi connectivity index (χ0n) is 8.28. The van der Waals surface area contributed by atoms with Crippen LogP contribution in [0.3, 0.4) is 0 Å². The maximum atomic E-state index is 10.7. The van der Waals surface area contributed by atoms with E-state index in [-0.39, 0.29) is 6.54 Å². The van der Waals surface area contributed by atoms with Gasteiger partial charge in [-0.2, -0.15) is 4.80 Å². The predicted octanol–water partition coefficient (Wildman–Crippen LogP) is -1.25. The van der Waals surface area contributed by atoms with Gasteiger partial charge in [0.25, 0.3) is 0 Å². The Morgan fingerprint density at radius 3 is 3.06 bits per heavy atom. The van der Waals surface area contributed by atoms with Crippen molar-refractivity contribution < 1.29 is 9.21 Å². The highest BCUT2D eigenvalue weighted by atomic mass is 16.3. The lowest BCUT2D eigenvalue weighted by atomic mass is 10.3. The lowest BCUT2D eigenvalue weighted by molar-refractivity contribution is -0.119. The second-order valence-electron chi connectivity index (χ2n) is 3.15. The third kappa shape index (κ3) is 2.06. The van der Waals surface area contributed by atoms with Crippen molar-refractivity contribution >= 4 is 5.91 Å². The third-order valence-electron chi connectivity index (χ3n) is 1.92. The van der Waals surface area contributed by atoms with Crippen molar-refractivity contribution in [2.24, 2.45) is 11.5 Å². The fourth-order valence-electron chi connectivity index (χ4n) is 1.09. The summed E-state index contributed by atoms with van der Waals surface area (Å²) in [5.74, 6) is 0.220. The van der Waals surface area contributed by atoms with E-state index in [0.29, 0.717) is 11.6 Å². The molecule has 1 unspecified atom stereocenters. The number of carbonyl (C=O) groups excluding carboxylic acids is 1. The van der Waals surface area contributed by atoms with Gasteiger partial charge in [-0.1, -0.05) is 0 Å². The molecule has 84 valence electrons. The summed E-state index contributed by atoms with van der Waals surface area (Å²) in [7, 11) is 0. The minimum absolute atomic E-state index is 0.0864. The minimum atomic E-state index is -0.835. The normalized spacial score (nSPS) is 12.6. The average Bonchev–Trinajstić information content (AvgIpc) is 2.85. The molecular weight excluding hydrogens is 212 g/mol. The highest BCUT2D eigenvalue weighted by molar-refractivity contribution is 5.79. The van der Waals surface area contributed by atoms with E-state index in [0.717, 1.165) is 0 Å². The Kier molecular flexibility index (Phi) is 2.64. The molecule has 16 heavy (non-hydrogen) atoms. The van der Waals surface area contributed by atoms with Gasteiger partial charge in [0, 0.05) is 0 Å². The molecule has 4 N–H and O–H groups in total. The van der Waals surface area contributed by atoms with Crippen LogP contribution in [0.2, 0.25) is 0 Å². The van der Waals surface area contributed by atoms with Crippen LogP contribution >= 0.6 is 0 Å². The molecule has 0 aliphatic rings. The van der Waals surface area contributed by atoms with Crippen LogP contribution in [0.25, 0.3) is 11.6 Å². The zero-order chi connectivity index (χ0) is 11.5. The topological polar surface area (TPSA) is 126 Å². The molecule has 8 heteroatoms. The highest BCUT2D eigenvalue weighted by Crippen LogP contribution is 2.12. The maximum absolute atomic E-state index is 10.7. The number of tetrazole rings is 1. The van der Waals surface area contributed by atoms with Crippen LogP contribution in [0.1, 0.15) is 0 Å². The van der Waals surface area contributed by atoms with E-state index >= 15 is 0 Å². The second kappa shape index (κ2) is 4.11. The molecular formula is C8H10N6O2. The Hall–Kier alpha value is -2.22. The maximum Gasteiger partial charge on any atom is 0.240 e. The monoisotopic (exact) mass is 222 g/mol. The summed E-state index contributed by atoms with van der Waals surface area (Å²) in [6.45, 7) is 0.0864. The van der Waals surface area contributed by atoms with Gasteiger partial charge in [-0.05, 0) is 17.3 Å². The van der Waals surface area contributed by atoms with Gasteiger partial charge in [-0.25, -0.2) is 0 Å². The van der Waals surface area contributed by atoms with Crippen molar-refractivity contribution in [1.29, 1.82) is 0 Å². The van der Waals surface area contributed by atoms with Gasteiger partial charge in [-0.15, -0.1) is 10.2 Å². The quantitative estimate of drug-likeness (QED) is 0.665. The number of aromatic nitrogens is 4. The van der Waals surface area contributed by atoms with E-state index in [2.05, 4.69) is 15.4 Å². The molecule has 0 saturated carbocycles. The molecule has 0 radical (unpaired) electrons. The summed E-state index contributed by atoms with van der Waals surface area (Å²) in [5, 5.41) is 11.5. The van der Waals surface area contributed by atoms with E-state index in [1.807, 2.05) is 0 Å². The highest BCUT2D eigenvalue weighted by Gasteiger charge is 2.13. The molecule has 2 aromatic heterocycles. The van der Waals surface area contributed by atoms with Gasteiger partial charge in [0.2, 0.25) is 11.7 Å². The Morgan fingerprint density at radius 1 is 1.62 bits per heavy atom. The van der Waals surface area contributed by atoms with E-state index in [1.165, 1.54) is 11.1 Å². The summed E-state index contributed by atoms with van der Waals surface area (Å²) in [6, 6.07) is 2.58. The minimum Gasteiger partial charge on any atom is -0.461 e. The molecule has 0 aliphatic heterocycles. The summed E-state index contributed by atoms with van der Waals surface area (Å²) in [4.78, 5) is 11.9. The number of carbonyl (C=O) groups is 1. The number of amides is 1. The van der Waals surface area contributed by atoms with Crippen molar-refractivity contribution in [2.45, 2.75) is 12.6 Å². The van der Waals surface area contributed by atoms with Crippen molar-refractivity contribution in [3.63, 3.8) is 0 Å². The van der Waals surface area contributed by atoms with Gasteiger partial charge in [-0.3, -0.25) is 4.79 Å².